The van der Waals surface area contributed by atoms with Crippen LogP contribution in [-0.2, 0) is 0 Å². The van der Waals surface area contributed by atoms with Crippen LogP contribution >= 0.6 is 22.6 Å². The standard InChI is InChI=1S/C19H23IN4O3/c1-13-11-14(20)5-7-17(13)22-18-8-6-15(24(26)27)12-16(18)19(25)21-9-4-10-23(2)3/h5-8,11-12,22H,4,9-10H2,1-3H3,(H,21,25). The van der Waals surface area contributed by atoms with Gasteiger partial charge in [-0.3, -0.25) is 14.9 Å². The molecule has 0 heterocycles. The number of anilines is 2. The van der Waals surface area contributed by atoms with E-state index in [4.69, 9.17) is 0 Å². The lowest BCUT2D eigenvalue weighted by atomic mass is 10.1. The minimum Gasteiger partial charge on any atom is -0.355 e. The van der Waals surface area contributed by atoms with Gasteiger partial charge in [0.2, 0.25) is 0 Å². The monoisotopic (exact) mass is 482 g/mol. The molecule has 0 aromatic heterocycles. The molecule has 0 radical (unpaired) electrons. The van der Waals surface area contributed by atoms with Crippen LogP contribution in [0.4, 0.5) is 17.1 Å². The first-order valence-electron chi connectivity index (χ1n) is 8.52. The van der Waals surface area contributed by atoms with E-state index in [1.165, 1.54) is 12.1 Å². The number of carbonyl (C=O) groups is 1. The molecule has 0 fully saturated rings. The molecular formula is C19H23IN4O3. The number of nitro groups is 1. The Balaban J connectivity index is 2.25. The number of benzene rings is 2. The fourth-order valence-electron chi connectivity index (χ4n) is 2.55. The molecule has 0 unspecified atom stereocenters. The zero-order valence-electron chi connectivity index (χ0n) is 15.6. The number of hydrogen-bond donors (Lipinski definition) is 2. The molecule has 0 atom stereocenters. The first-order valence-corrected chi connectivity index (χ1v) is 9.60. The predicted molar refractivity (Wildman–Crippen MR) is 116 cm³/mol. The minimum absolute atomic E-state index is 0.113. The maximum atomic E-state index is 12.6. The highest BCUT2D eigenvalue weighted by Gasteiger charge is 2.17. The number of nitrogens with zero attached hydrogens (tertiary/aromatic N) is 2. The highest BCUT2D eigenvalue weighted by atomic mass is 127. The maximum absolute atomic E-state index is 12.6. The Labute approximate surface area is 172 Å². The Morgan fingerprint density at radius 3 is 2.52 bits per heavy atom. The van der Waals surface area contributed by atoms with Crippen molar-refractivity contribution in [2.24, 2.45) is 0 Å². The summed E-state index contributed by atoms with van der Waals surface area (Å²) < 4.78 is 1.11. The number of nitrogens with one attached hydrogen (secondary N) is 2. The molecule has 2 N–H and O–H groups in total. The number of amides is 1. The third kappa shape index (κ3) is 6.17. The fourth-order valence-corrected chi connectivity index (χ4v) is 3.19. The Kier molecular flexibility index (Phi) is 7.55. The molecule has 0 aliphatic heterocycles. The van der Waals surface area contributed by atoms with E-state index in [-0.39, 0.29) is 17.2 Å². The van der Waals surface area contributed by atoms with Gasteiger partial charge < -0.3 is 15.5 Å². The van der Waals surface area contributed by atoms with E-state index in [9.17, 15) is 14.9 Å². The van der Waals surface area contributed by atoms with Crippen molar-refractivity contribution < 1.29 is 9.72 Å². The lowest BCUT2D eigenvalue weighted by Gasteiger charge is -2.15. The van der Waals surface area contributed by atoms with E-state index in [2.05, 4.69) is 33.2 Å². The second-order valence-electron chi connectivity index (χ2n) is 6.48. The van der Waals surface area contributed by atoms with Crippen molar-refractivity contribution in [3.63, 3.8) is 0 Å². The number of non-ortho nitro benzene ring substituents is 1. The van der Waals surface area contributed by atoms with E-state index in [1.807, 2.05) is 44.1 Å². The van der Waals surface area contributed by atoms with E-state index in [0.29, 0.717) is 12.2 Å². The third-order valence-electron chi connectivity index (χ3n) is 3.98. The lowest BCUT2D eigenvalue weighted by molar-refractivity contribution is -0.384. The van der Waals surface area contributed by atoms with E-state index in [0.717, 1.165) is 27.8 Å². The van der Waals surface area contributed by atoms with Crippen molar-refractivity contribution in [1.82, 2.24) is 10.2 Å². The molecule has 0 saturated carbocycles. The number of carbonyl (C=O) groups excluding carboxylic acids is 1. The minimum atomic E-state index is -0.497. The maximum Gasteiger partial charge on any atom is 0.270 e. The van der Waals surface area contributed by atoms with Gasteiger partial charge in [0.05, 0.1) is 16.2 Å². The molecule has 0 aliphatic carbocycles. The number of hydrogen-bond acceptors (Lipinski definition) is 5. The second-order valence-corrected chi connectivity index (χ2v) is 7.73. The Morgan fingerprint density at radius 1 is 1.19 bits per heavy atom. The Morgan fingerprint density at radius 2 is 1.89 bits per heavy atom. The molecule has 27 heavy (non-hydrogen) atoms. The van der Waals surface area contributed by atoms with E-state index >= 15 is 0 Å². The van der Waals surface area contributed by atoms with Crippen molar-refractivity contribution >= 4 is 45.6 Å². The van der Waals surface area contributed by atoms with Crippen molar-refractivity contribution in [1.29, 1.82) is 0 Å². The Hall–Kier alpha value is -2.20. The zero-order valence-corrected chi connectivity index (χ0v) is 17.7. The van der Waals surface area contributed by atoms with Crippen LogP contribution in [0.25, 0.3) is 0 Å². The van der Waals surface area contributed by atoms with Gasteiger partial charge in [0.25, 0.3) is 11.6 Å². The molecule has 2 rings (SSSR count). The van der Waals surface area contributed by atoms with Crippen molar-refractivity contribution in [2.45, 2.75) is 13.3 Å². The first kappa shape index (κ1) is 21.1. The van der Waals surface area contributed by atoms with Crippen LogP contribution in [0.15, 0.2) is 36.4 Å². The van der Waals surface area contributed by atoms with Crippen LogP contribution in [0.1, 0.15) is 22.3 Å². The molecule has 144 valence electrons. The highest BCUT2D eigenvalue weighted by Crippen LogP contribution is 2.27. The summed E-state index contributed by atoms with van der Waals surface area (Å²) in [5.41, 5.74) is 2.56. The zero-order chi connectivity index (χ0) is 20.0. The van der Waals surface area contributed by atoms with Crippen LogP contribution in [0.2, 0.25) is 0 Å². The van der Waals surface area contributed by atoms with Gasteiger partial charge in [0.1, 0.15) is 0 Å². The molecule has 8 heteroatoms. The van der Waals surface area contributed by atoms with Gasteiger partial charge in [-0.1, -0.05) is 0 Å². The van der Waals surface area contributed by atoms with Gasteiger partial charge >= 0.3 is 0 Å². The molecule has 2 aromatic rings. The number of aryl methyl sites for hydroxylation is 1. The number of halogens is 1. The molecule has 7 nitrogen and oxygen atoms in total. The normalized spacial score (nSPS) is 10.7. The van der Waals surface area contributed by atoms with Crippen LogP contribution in [-0.4, -0.2) is 42.9 Å². The average molecular weight is 482 g/mol. The fraction of sp³-hybridized carbons (Fsp3) is 0.316. The second kappa shape index (κ2) is 9.65. The van der Waals surface area contributed by atoms with Gasteiger partial charge in [-0.05, 0) is 86.4 Å². The topological polar surface area (TPSA) is 87.5 Å². The van der Waals surface area contributed by atoms with Crippen LogP contribution in [0.5, 0.6) is 0 Å². The SMILES string of the molecule is Cc1cc(I)ccc1Nc1ccc([N+](=O)[O-])cc1C(=O)NCCCN(C)C. The quantitative estimate of drug-likeness (QED) is 0.258. The van der Waals surface area contributed by atoms with Crippen molar-refractivity contribution in [3.8, 4) is 0 Å². The smallest absolute Gasteiger partial charge is 0.270 e. The summed E-state index contributed by atoms with van der Waals surface area (Å²) in [6.45, 7) is 3.32. The molecule has 0 bridgehead atoms. The summed E-state index contributed by atoms with van der Waals surface area (Å²) in [7, 11) is 3.93. The summed E-state index contributed by atoms with van der Waals surface area (Å²) in [5.74, 6) is -0.330. The number of nitro benzene ring substituents is 1. The van der Waals surface area contributed by atoms with Gasteiger partial charge in [-0.2, -0.15) is 0 Å². The summed E-state index contributed by atoms with van der Waals surface area (Å²) in [6, 6.07) is 10.2. The van der Waals surface area contributed by atoms with Gasteiger partial charge in [-0.25, -0.2) is 0 Å². The lowest BCUT2D eigenvalue weighted by Crippen LogP contribution is -2.27. The number of rotatable bonds is 8. The molecule has 2 aromatic carbocycles. The van der Waals surface area contributed by atoms with Gasteiger partial charge in [-0.15, -0.1) is 0 Å². The van der Waals surface area contributed by atoms with Gasteiger partial charge in [0.15, 0.2) is 0 Å². The van der Waals surface area contributed by atoms with Crippen LogP contribution in [0, 0.1) is 20.6 Å². The van der Waals surface area contributed by atoms with Crippen LogP contribution in [0.3, 0.4) is 0 Å². The summed E-state index contributed by atoms with van der Waals surface area (Å²) in [5, 5.41) is 17.2. The van der Waals surface area contributed by atoms with Crippen molar-refractivity contribution in [3.05, 3.63) is 61.2 Å². The van der Waals surface area contributed by atoms with E-state index < -0.39 is 4.92 Å². The molecular weight excluding hydrogens is 459 g/mol. The summed E-state index contributed by atoms with van der Waals surface area (Å²) >= 11 is 2.23. The molecule has 1 amide bonds. The highest BCUT2D eigenvalue weighted by molar-refractivity contribution is 14.1. The predicted octanol–water partition coefficient (Wildman–Crippen LogP) is 3.93. The van der Waals surface area contributed by atoms with Crippen molar-refractivity contribution in [2.75, 3.05) is 32.5 Å². The molecule has 0 saturated heterocycles. The molecule has 0 spiro atoms. The van der Waals surface area contributed by atoms with Gasteiger partial charge in [0, 0.05) is 27.9 Å². The first-order chi connectivity index (χ1) is 12.8. The average Bonchev–Trinajstić information content (AvgIpc) is 2.60. The summed E-state index contributed by atoms with van der Waals surface area (Å²) in [6.07, 6.45) is 0.798. The Bertz CT molecular complexity index is 840. The van der Waals surface area contributed by atoms with Crippen LogP contribution < -0.4 is 10.6 Å². The third-order valence-corrected chi connectivity index (χ3v) is 4.66. The molecule has 0 aliphatic rings. The van der Waals surface area contributed by atoms with E-state index in [1.54, 1.807) is 6.07 Å². The largest absolute Gasteiger partial charge is 0.355 e. The summed E-state index contributed by atoms with van der Waals surface area (Å²) in [4.78, 5) is 25.3.